The third-order valence-electron chi connectivity index (χ3n) is 3.52. The van der Waals surface area contributed by atoms with Crippen molar-refractivity contribution < 1.29 is 13.1 Å². The van der Waals surface area contributed by atoms with E-state index in [2.05, 4.69) is 10.4 Å². The number of hydrogen-bond donors (Lipinski definition) is 0. The molecule has 0 bridgehead atoms. The topological polar surface area (TPSA) is 72.2 Å². The van der Waals surface area contributed by atoms with Crippen molar-refractivity contribution in [2.24, 2.45) is 0 Å². The summed E-state index contributed by atoms with van der Waals surface area (Å²) in [5.41, 5.74) is 2.21. The molecular weight excluding hydrogens is 368 g/mol. The molecule has 7 heteroatoms. The van der Waals surface area contributed by atoms with E-state index in [1.54, 1.807) is 6.92 Å². The van der Waals surface area contributed by atoms with Gasteiger partial charge >= 0.3 is 0 Å². The molecule has 3 aromatic rings. The molecule has 0 radical (unpaired) electrons. The highest BCUT2D eigenvalue weighted by atomic mass is 32.2. The van der Waals surface area contributed by atoms with Gasteiger partial charge in [0.15, 0.2) is 5.03 Å². The van der Waals surface area contributed by atoms with E-state index >= 15 is 0 Å². The van der Waals surface area contributed by atoms with Crippen LogP contribution in [0.25, 0.3) is 10.4 Å². The summed E-state index contributed by atoms with van der Waals surface area (Å²) in [4.78, 5) is 0.671. The fourth-order valence-corrected chi connectivity index (χ4v) is 4.09. The van der Waals surface area contributed by atoms with Crippen LogP contribution in [0, 0.1) is 11.3 Å². The standard InChI is InChI=1S/C19H16N2O3S2/c1-2-24-26(22)19-17(12-20)18(25-21-19)15-8-10-16(11-9-15)23-13-14-6-4-3-5-7-14/h3-11H,2,13H2,1H3. The van der Waals surface area contributed by atoms with Crippen LogP contribution >= 0.6 is 11.5 Å². The Morgan fingerprint density at radius 2 is 1.88 bits per heavy atom. The Labute approximate surface area is 158 Å². The fraction of sp³-hybridized carbons (Fsp3) is 0.158. The molecule has 0 N–H and O–H groups in total. The van der Waals surface area contributed by atoms with Crippen LogP contribution in [-0.2, 0) is 21.9 Å². The van der Waals surface area contributed by atoms with Gasteiger partial charge in [0, 0.05) is 0 Å². The number of benzene rings is 2. The predicted molar refractivity (Wildman–Crippen MR) is 101 cm³/mol. The van der Waals surface area contributed by atoms with Gasteiger partial charge in [-0.15, -0.1) is 0 Å². The quantitative estimate of drug-likeness (QED) is 0.607. The van der Waals surface area contributed by atoms with Crippen molar-refractivity contribution >= 4 is 22.6 Å². The first-order chi connectivity index (χ1) is 12.7. The molecule has 0 fully saturated rings. The number of nitrogens with zero attached hydrogens (tertiary/aromatic N) is 2. The lowest BCUT2D eigenvalue weighted by Crippen LogP contribution is -1.99. The highest BCUT2D eigenvalue weighted by Gasteiger charge is 2.20. The zero-order valence-electron chi connectivity index (χ0n) is 14.0. The van der Waals surface area contributed by atoms with Crippen molar-refractivity contribution in [1.29, 1.82) is 5.26 Å². The summed E-state index contributed by atoms with van der Waals surface area (Å²) in [5.74, 6) is 0.735. The zero-order valence-corrected chi connectivity index (χ0v) is 15.7. The molecule has 1 heterocycles. The minimum Gasteiger partial charge on any atom is -0.489 e. The largest absolute Gasteiger partial charge is 0.489 e. The van der Waals surface area contributed by atoms with Crippen LogP contribution < -0.4 is 4.74 Å². The van der Waals surface area contributed by atoms with Crippen LogP contribution in [0.4, 0.5) is 0 Å². The number of rotatable bonds is 7. The minimum atomic E-state index is -1.72. The molecule has 0 aliphatic heterocycles. The average Bonchev–Trinajstić information content (AvgIpc) is 3.12. The monoisotopic (exact) mass is 384 g/mol. The molecule has 5 nitrogen and oxygen atoms in total. The van der Waals surface area contributed by atoms with E-state index in [-0.39, 0.29) is 11.6 Å². The molecular formula is C19H16N2O3S2. The summed E-state index contributed by atoms with van der Waals surface area (Å²) in [6.07, 6.45) is 0. The Morgan fingerprint density at radius 3 is 2.54 bits per heavy atom. The molecule has 0 saturated carbocycles. The summed E-state index contributed by atoms with van der Waals surface area (Å²) in [5, 5.41) is 9.61. The van der Waals surface area contributed by atoms with E-state index in [9.17, 15) is 9.47 Å². The normalized spacial score (nSPS) is 11.7. The predicted octanol–water partition coefficient (Wildman–Crippen LogP) is 4.32. The maximum absolute atomic E-state index is 12.0. The Balaban J connectivity index is 1.76. The first-order valence-corrected chi connectivity index (χ1v) is 9.79. The van der Waals surface area contributed by atoms with Crippen LogP contribution in [0.5, 0.6) is 5.75 Å². The molecule has 1 unspecified atom stereocenters. The second-order valence-electron chi connectivity index (χ2n) is 5.24. The van der Waals surface area contributed by atoms with E-state index in [4.69, 9.17) is 8.92 Å². The van der Waals surface area contributed by atoms with Gasteiger partial charge in [0.2, 0.25) is 11.1 Å². The summed E-state index contributed by atoms with van der Waals surface area (Å²) >= 11 is -0.587. The zero-order chi connectivity index (χ0) is 18.4. The molecule has 0 spiro atoms. The SMILES string of the molecule is CCOS(=O)c1nsc(-c2ccc(OCc3ccccc3)cc2)c1C#N. The van der Waals surface area contributed by atoms with Crippen molar-refractivity contribution in [1.82, 2.24) is 4.37 Å². The van der Waals surface area contributed by atoms with E-state index in [0.29, 0.717) is 17.0 Å². The summed E-state index contributed by atoms with van der Waals surface area (Å²) in [6.45, 7) is 2.52. The molecule has 0 aliphatic carbocycles. The van der Waals surface area contributed by atoms with Gasteiger partial charge in [0.1, 0.15) is 24.0 Å². The Bertz CT molecular complexity index is 932. The van der Waals surface area contributed by atoms with Gasteiger partial charge < -0.3 is 4.74 Å². The lowest BCUT2D eigenvalue weighted by molar-refractivity contribution is 0.306. The van der Waals surface area contributed by atoms with E-state index in [1.165, 1.54) is 0 Å². The van der Waals surface area contributed by atoms with Crippen LogP contribution in [0.1, 0.15) is 18.1 Å². The Morgan fingerprint density at radius 1 is 1.15 bits per heavy atom. The maximum atomic E-state index is 12.0. The first kappa shape index (κ1) is 18.3. The number of hydrogen-bond acceptors (Lipinski definition) is 6. The van der Waals surface area contributed by atoms with Gasteiger partial charge in [-0.3, -0.25) is 4.18 Å². The smallest absolute Gasteiger partial charge is 0.210 e. The van der Waals surface area contributed by atoms with Gasteiger partial charge in [0.25, 0.3) is 0 Å². The van der Waals surface area contributed by atoms with E-state index in [1.807, 2.05) is 54.6 Å². The molecule has 0 amide bonds. The maximum Gasteiger partial charge on any atom is 0.210 e. The van der Waals surface area contributed by atoms with Crippen molar-refractivity contribution in [2.45, 2.75) is 18.6 Å². The molecule has 0 saturated heterocycles. The lowest BCUT2D eigenvalue weighted by Gasteiger charge is -2.07. The average molecular weight is 384 g/mol. The highest BCUT2D eigenvalue weighted by molar-refractivity contribution is 7.80. The molecule has 3 rings (SSSR count). The third-order valence-corrected chi connectivity index (χ3v) is 5.59. The van der Waals surface area contributed by atoms with Crippen LogP contribution in [0.3, 0.4) is 0 Å². The molecule has 0 aliphatic rings. The molecule has 1 aromatic heterocycles. The van der Waals surface area contributed by atoms with E-state index < -0.39 is 11.1 Å². The highest BCUT2D eigenvalue weighted by Crippen LogP contribution is 2.32. The molecule has 2 aromatic carbocycles. The van der Waals surface area contributed by atoms with Crippen LogP contribution in [0.15, 0.2) is 59.6 Å². The Hall–Kier alpha value is -2.53. The van der Waals surface area contributed by atoms with Gasteiger partial charge in [-0.1, -0.05) is 30.3 Å². The molecule has 26 heavy (non-hydrogen) atoms. The molecule has 132 valence electrons. The van der Waals surface area contributed by atoms with Crippen molar-refractivity contribution in [3.8, 4) is 22.3 Å². The van der Waals surface area contributed by atoms with Gasteiger partial charge in [-0.25, -0.2) is 4.21 Å². The summed E-state index contributed by atoms with van der Waals surface area (Å²) in [7, 11) is 0. The van der Waals surface area contributed by atoms with Crippen LogP contribution in [-0.4, -0.2) is 15.2 Å². The third kappa shape index (κ3) is 4.17. The lowest BCUT2D eigenvalue weighted by atomic mass is 10.1. The minimum absolute atomic E-state index is 0.179. The number of ether oxygens (including phenoxy) is 1. The van der Waals surface area contributed by atoms with Gasteiger partial charge in [-0.05, 0) is 53.8 Å². The van der Waals surface area contributed by atoms with Crippen molar-refractivity contribution in [2.75, 3.05) is 6.61 Å². The fourth-order valence-electron chi connectivity index (χ4n) is 2.29. The first-order valence-electron chi connectivity index (χ1n) is 7.95. The van der Waals surface area contributed by atoms with Crippen molar-refractivity contribution in [3.63, 3.8) is 0 Å². The van der Waals surface area contributed by atoms with Gasteiger partial charge in [0.05, 0.1) is 11.5 Å². The second-order valence-corrected chi connectivity index (χ2v) is 7.11. The molecule has 1 atom stereocenters. The summed E-state index contributed by atoms with van der Waals surface area (Å²) < 4.78 is 27.0. The van der Waals surface area contributed by atoms with Crippen LogP contribution in [0.2, 0.25) is 0 Å². The second kappa shape index (κ2) is 8.72. The summed E-state index contributed by atoms with van der Waals surface area (Å²) in [6, 6.07) is 19.4. The number of nitriles is 1. The van der Waals surface area contributed by atoms with Gasteiger partial charge in [-0.2, -0.15) is 9.64 Å². The van der Waals surface area contributed by atoms with Crippen molar-refractivity contribution in [3.05, 3.63) is 65.7 Å². The van der Waals surface area contributed by atoms with E-state index in [0.717, 1.165) is 28.4 Å². The number of aromatic nitrogens is 1. The Kier molecular flexibility index (Phi) is 6.12.